The lowest BCUT2D eigenvalue weighted by Crippen LogP contribution is -2.55. The minimum Gasteiger partial charge on any atom is -0.382 e. The quantitative estimate of drug-likeness (QED) is 0.281. The van der Waals surface area contributed by atoms with Gasteiger partial charge in [-0.25, -0.2) is 8.78 Å². The van der Waals surface area contributed by atoms with E-state index >= 15 is 0 Å². The largest absolute Gasteiger partial charge is 0.423 e. The maximum atomic E-state index is 13.2. The molecule has 14 heteroatoms. The molecule has 0 aromatic heterocycles. The number of allylic oxidation sites excluding steroid dienone is 2. The number of rotatable bonds is 8. The number of nitrogens with zero attached hydrogens (tertiary/aromatic N) is 3. The van der Waals surface area contributed by atoms with Crippen LogP contribution in [0.25, 0.3) is 0 Å². The second kappa shape index (κ2) is 12.3. The smallest absolute Gasteiger partial charge is 0.382 e. The molecule has 39 heavy (non-hydrogen) atoms. The molecule has 2 fully saturated rings. The molecule has 1 atom stereocenters. The zero-order valence-corrected chi connectivity index (χ0v) is 21.0. The third kappa shape index (κ3) is 7.44. The van der Waals surface area contributed by atoms with Crippen molar-refractivity contribution < 1.29 is 36.4 Å². The van der Waals surface area contributed by atoms with Gasteiger partial charge in [-0.3, -0.25) is 19.8 Å². The van der Waals surface area contributed by atoms with Gasteiger partial charge in [0.2, 0.25) is 5.91 Å². The van der Waals surface area contributed by atoms with Gasteiger partial charge in [0.25, 0.3) is 12.1 Å². The zero-order chi connectivity index (χ0) is 28.2. The number of piperazine rings is 1. The number of dihydropyridines is 1. The number of hydrogen-bond acceptors (Lipinski definition) is 7. The highest BCUT2D eigenvalue weighted by Gasteiger charge is 2.38. The van der Waals surface area contributed by atoms with E-state index in [0.29, 0.717) is 51.9 Å². The van der Waals surface area contributed by atoms with Gasteiger partial charge >= 0.3 is 6.18 Å². The van der Waals surface area contributed by atoms with Gasteiger partial charge < -0.3 is 20.3 Å². The Hall–Kier alpha value is -3.26. The summed E-state index contributed by atoms with van der Waals surface area (Å²) in [6, 6.07) is 2.77. The molecule has 3 aliphatic rings. The molecule has 1 unspecified atom stereocenters. The van der Waals surface area contributed by atoms with E-state index in [-0.39, 0.29) is 42.1 Å². The molecule has 1 aromatic carbocycles. The minimum absolute atomic E-state index is 0.0658. The van der Waals surface area contributed by atoms with Crippen LogP contribution in [0, 0.1) is 10.1 Å². The number of nitro benzene ring substituents is 1. The van der Waals surface area contributed by atoms with E-state index in [9.17, 15) is 36.9 Å². The van der Waals surface area contributed by atoms with Crippen LogP contribution in [0.3, 0.4) is 0 Å². The van der Waals surface area contributed by atoms with E-state index in [1.165, 1.54) is 18.3 Å². The first-order valence-electron chi connectivity index (χ1n) is 12.7. The molecule has 2 N–H and O–H groups in total. The van der Waals surface area contributed by atoms with Crippen LogP contribution in [0.1, 0.15) is 31.2 Å². The average molecular weight is 560 g/mol. The van der Waals surface area contributed by atoms with Gasteiger partial charge in [0.15, 0.2) is 0 Å². The van der Waals surface area contributed by atoms with Crippen molar-refractivity contribution in [1.29, 1.82) is 0 Å². The highest BCUT2D eigenvalue weighted by atomic mass is 19.4. The van der Waals surface area contributed by atoms with Crippen molar-refractivity contribution >= 4 is 17.3 Å². The number of nitrogens with one attached hydrogen (secondary N) is 2. The zero-order valence-electron chi connectivity index (χ0n) is 21.0. The van der Waals surface area contributed by atoms with Crippen LogP contribution in [0.2, 0.25) is 0 Å². The SMILES string of the molecule is O=C(CO[C@H]1CC[C@H](Nc2ccc([N+](=O)[O-])c(C(F)(F)F)c2)CC1)N1CCN(C2C=CC(C(F)F)=CN2)CC1. The number of benzene rings is 1. The Morgan fingerprint density at radius 3 is 2.41 bits per heavy atom. The minimum atomic E-state index is -4.84. The number of carbonyl (C=O) groups excluding carboxylic acids is 1. The third-order valence-corrected chi connectivity index (χ3v) is 7.19. The first-order valence-corrected chi connectivity index (χ1v) is 12.7. The lowest BCUT2D eigenvalue weighted by Gasteiger charge is -2.39. The van der Waals surface area contributed by atoms with Crippen molar-refractivity contribution in [2.75, 3.05) is 38.1 Å². The van der Waals surface area contributed by atoms with Gasteiger partial charge in [-0.15, -0.1) is 0 Å². The third-order valence-electron chi connectivity index (χ3n) is 7.19. The van der Waals surface area contributed by atoms with Crippen molar-refractivity contribution in [2.24, 2.45) is 0 Å². The van der Waals surface area contributed by atoms with Crippen LogP contribution in [-0.2, 0) is 15.7 Å². The van der Waals surface area contributed by atoms with Gasteiger partial charge in [0, 0.05) is 55.7 Å². The second-order valence-corrected chi connectivity index (χ2v) is 9.75. The summed E-state index contributed by atoms with van der Waals surface area (Å²) in [6.45, 7) is 2.08. The monoisotopic (exact) mass is 559 g/mol. The van der Waals surface area contributed by atoms with Crippen LogP contribution in [0.15, 0.2) is 42.1 Å². The van der Waals surface area contributed by atoms with Crippen molar-refractivity contribution in [2.45, 2.75) is 56.6 Å². The van der Waals surface area contributed by atoms with Gasteiger partial charge in [0.1, 0.15) is 12.2 Å². The molecule has 1 amide bonds. The molecule has 1 aromatic rings. The summed E-state index contributed by atoms with van der Waals surface area (Å²) in [4.78, 5) is 26.3. The molecule has 9 nitrogen and oxygen atoms in total. The molecular formula is C25H30F5N5O4. The van der Waals surface area contributed by atoms with Crippen molar-refractivity contribution in [3.63, 3.8) is 0 Å². The summed E-state index contributed by atoms with van der Waals surface area (Å²) in [5.74, 6) is -0.132. The summed E-state index contributed by atoms with van der Waals surface area (Å²) >= 11 is 0. The predicted octanol–water partition coefficient (Wildman–Crippen LogP) is 4.13. The Morgan fingerprint density at radius 1 is 1.15 bits per heavy atom. The van der Waals surface area contributed by atoms with Crippen LogP contribution < -0.4 is 10.6 Å². The van der Waals surface area contributed by atoms with Crippen molar-refractivity contribution in [1.82, 2.24) is 15.1 Å². The molecule has 214 valence electrons. The van der Waals surface area contributed by atoms with Gasteiger partial charge in [-0.1, -0.05) is 6.08 Å². The van der Waals surface area contributed by atoms with Gasteiger partial charge in [0.05, 0.1) is 17.2 Å². The van der Waals surface area contributed by atoms with Crippen LogP contribution in [-0.4, -0.2) is 78.2 Å². The number of anilines is 1. The van der Waals surface area contributed by atoms with Gasteiger partial charge in [-0.05, 0) is 43.9 Å². The number of nitro groups is 1. The van der Waals surface area contributed by atoms with E-state index in [1.807, 2.05) is 0 Å². The molecule has 4 rings (SSSR count). The lowest BCUT2D eigenvalue weighted by atomic mass is 9.92. The van der Waals surface area contributed by atoms with Crippen LogP contribution in [0.4, 0.5) is 33.3 Å². The first-order chi connectivity index (χ1) is 18.5. The molecule has 1 saturated carbocycles. The number of alkyl halides is 5. The first kappa shape index (κ1) is 28.7. The highest BCUT2D eigenvalue weighted by molar-refractivity contribution is 5.77. The highest BCUT2D eigenvalue weighted by Crippen LogP contribution is 2.38. The van der Waals surface area contributed by atoms with Crippen molar-refractivity contribution in [3.8, 4) is 0 Å². The summed E-state index contributed by atoms with van der Waals surface area (Å²) in [5, 5.41) is 16.9. The van der Waals surface area contributed by atoms with Crippen molar-refractivity contribution in [3.05, 3.63) is 57.8 Å². The Morgan fingerprint density at radius 2 is 1.85 bits per heavy atom. The molecular weight excluding hydrogens is 529 g/mol. The van der Waals surface area contributed by atoms with Crippen LogP contribution >= 0.6 is 0 Å². The molecule has 0 spiro atoms. The molecule has 1 saturated heterocycles. The number of hydrogen-bond donors (Lipinski definition) is 2. The fourth-order valence-corrected chi connectivity index (χ4v) is 5.00. The fraction of sp³-hybridized carbons (Fsp3) is 0.560. The van der Waals surface area contributed by atoms with E-state index in [0.717, 1.165) is 12.1 Å². The Kier molecular flexibility index (Phi) is 9.05. The Balaban J connectivity index is 1.17. The Labute approximate surface area is 221 Å². The predicted molar refractivity (Wildman–Crippen MR) is 132 cm³/mol. The lowest BCUT2D eigenvalue weighted by molar-refractivity contribution is -0.388. The maximum Gasteiger partial charge on any atom is 0.423 e. The topological polar surface area (TPSA) is 100.0 Å². The molecule has 0 radical (unpaired) electrons. The number of halogens is 5. The Bertz CT molecular complexity index is 1100. The summed E-state index contributed by atoms with van der Waals surface area (Å²) < 4.78 is 71.0. The normalized spacial score (nSPS) is 24.3. The average Bonchev–Trinajstić information content (AvgIpc) is 2.92. The van der Waals surface area contributed by atoms with E-state index < -0.39 is 28.8 Å². The van der Waals surface area contributed by atoms with E-state index in [2.05, 4.69) is 15.5 Å². The molecule has 2 aliphatic heterocycles. The molecule has 0 bridgehead atoms. The number of ether oxygens (including phenoxy) is 1. The number of amides is 1. The van der Waals surface area contributed by atoms with Crippen LogP contribution in [0.5, 0.6) is 0 Å². The second-order valence-electron chi connectivity index (χ2n) is 9.75. The van der Waals surface area contributed by atoms with E-state index in [1.54, 1.807) is 11.0 Å². The maximum absolute atomic E-state index is 13.2. The summed E-state index contributed by atoms with van der Waals surface area (Å²) in [5.41, 5.74) is -2.18. The fourth-order valence-electron chi connectivity index (χ4n) is 5.00. The molecule has 2 heterocycles. The molecule has 1 aliphatic carbocycles. The van der Waals surface area contributed by atoms with Gasteiger partial charge in [-0.2, -0.15) is 13.2 Å². The number of carbonyl (C=O) groups is 1. The van der Waals surface area contributed by atoms with E-state index in [4.69, 9.17) is 4.74 Å². The summed E-state index contributed by atoms with van der Waals surface area (Å²) in [7, 11) is 0. The summed E-state index contributed by atoms with van der Waals surface area (Å²) in [6.07, 6.45) is -0.854. The standard InChI is InChI=1S/C25H30F5N5O4/c26-24(27)16-1-8-22(31-14-16)33-9-11-34(12-10-33)23(36)15-39-19-5-2-17(3-6-19)32-18-4-7-21(35(37)38)20(13-18)25(28,29)30/h1,4,7-8,13-14,17,19,22,24,31-32H,2-3,5-6,9-12,15H2/t17-,19-,22?.